The minimum absolute atomic E-state index is 0.0555. The maximum atomic E-state index is 12.8. The Kier molecular flexibility index (Phi) is 5.76. The Morgan fingerprint density at radius 2 is 2.12 bits per heavy atom. The molecular formula is C19H21ClN2O2S. The number of nitrogens with zero attached hydrogens (tertiary/aromatic N) is 1. The maximum Gasteiger partial charge on any atom is 0.276 e. The number of halogens is 1. The van der Waals surface area contributed by atoms with Gasteiger partial charge in [-0.15, -0.1) is 0 Å². The monoisotopic (exact) mass is 376 g/mol. The normalized spacial score (nSPS) is 20.0. The zero-order chi connectivity index (χ0) is 17.8. The number of hydrogen-bond donors (Lipinski definition) is 1. The summed E-state index contributed by atoms with van der Waals surface area (Å²) in [5, 5.41) is 4.04. The summed E-state index contributed by atoms with van der Waals surface area (Å²) in [7, 11) is 0. The highest BCUT2D eigenvalue weighted by atomic mass is 35.5. The second-order valence-corrected chi connectivity index (χ2v) is 7.04. The van der Waals surface area contributed by atoms with E-state index in [2.05, 4.69) is 11.9 Å². The zero-order valence-corrected chi connectivity index (χ0v) is 15.5. The molecule has 6 heteroatoms. The van der Waals surface area contributed by atoms with E-state index in [-0.39, 0.29) is 11.9 Å². The number of benzene rings is 1. The fourth-order valence-corrected chi connectivity index (χ4v) is 3.84. The third-order valence-corrected chi connectivity index (χ3v) is 5.07. The van der Waals surface area contributed by atoms with Crippen LogP contribution in [-0.2, 0) is 4.79 Å². The van der Waals surface area contributed by atoms with Crippen LogP contribution < -0.4 is 10.1 Å². The molecule has 0 unspecified atom stereocenters. The van der Waals surface area contributed by atoms with Crippen molar-refractivity contribution in [2.45, 2.75) is 38.1 Å². The van der Waals surface area contributed by atoms with E-state index in [0.29, 0.717) is 28.2 Å². The fraction of sp³-hybridized carbons (Fsp3) is 0.368. The SMILES string of the molecule is C=CCOc1ccc(/C=C2\NC(=S)N(C3CCCCC3)C2=O)cc1Cl. The highest BCUT2D eigenvalue weighted by Gasteiger charge is 2.36. The molecule has 2 fully saturated rings. The van der Waals surface area contributed by atoms with Crippen LogP contribution in [0.25, 0.3) is 6.08 Å². The van der Waals surface area contributed by atoms with Crippen LogP contribution >= 0.6 is 23.8 Å². The number of carbonyl (C=O) groups excluding carboxylic acids is 1. The van der Waals surface area contributed by atoms with Gasteiger partial charge in [0.25, 0.3) is 5.91 Å². The van der Waals surface area contributed by atoms with E-state index < -0.39 is 0 Å². The Labute approximate surface area is 158 Å². The molecule has 132 valence electrons. The third-order valence-electron chi connectivity index (χ3n) is 4.47. The van der Waals surface area contributed by atoms with Gasteiger partial charge in [0.05, 0.1) is 5.02 Å². The number of hydrogen-bond acceptors (Lipinski definition) is 3. The van der Waals surface area contributed by atoms with Crippen molar-refractivity contribution >= 4 is 40.9 Å². The van der Waals surface area contributed by atoms with Crippen LogP contribution in [0.4, 0.5) is 0 Å². The second kappa shape index (κ2) is 8.02. The topological polar surface area (TPSA) is 41.6 Å². The molecule has 0 bridgehead atoms. The standard InChI is InChI=1S/C19H21ClN2O2S/c1-2-10-24-17-9-8-13(11-15(17)20)12-16-18(23)22(19(25)21-16)14-6-4-3-5-7-14/h2,8-9,11-12,14H,1,3-7,10H2,(H,21,25)/b16-12-. The number of carbonyl (C=O) groups is 1. The summed E-state index contributed by atoms with van der Waals surface area (Å²) in [4.78, 5) is 14.5. The van der Waals surface area contributed by atoms with Crippen LogP contribution in [0.15, 0.2) is 36.6 Å². The Morgan fingerprint density at radius 1 is 1.36 bits per heavy atom. The maximum absolute atomic E-state index is 12.8. The van der Waals surface area contributed by atoms with E-state index in [1.807, 2.05) is 6.07 Å². The molecule has 0 atom stereocenters. The first-order valence-electron chi connectivity index (χ1n) is 8.49. The van der Waals surface area contributed by atoms with Crippen LogP contribution in [0.3, 0.4) is 0 Å². The van der Waals surface area contributed by atoms with Crippen LogP contribution in [0.2, 0.25) is 5.02 Å². The molecular weight excluding hydrogens is 356 g/mol. The van der Waals surface area contributed by atoms with Crippen molar-refractivity contribution in [1.82, 2.24) is 10.2 Å². The molecule has 1 saturated carbocycles. The molecule has 0 spiro atoms. The van der Waals surface area contributed by atoms with Gasteiger partial charge in [0.15, 0.2) is 5.11 Å². The predicted octanol–water partition coefficient (Wildman–Crippen LogP) is 4.30. The van der Waals surface area contributed by atoms with Gasteiger partial charge in [0, 0.05) is 6.04 Å². The van der Waals surface area contributed by atoms with Crippen molar-refractivity contribution in [1.29, 1.82) is 0 Å². The van der Waals surface area contributed by atoms with Crippen LogP contribution in [0.1, 0.15) is 37.7 Å². The number of thiocarbonyl (C=S) groups is 1. The summed E-state index contributed by atoms with van der Waals surface area (Å²) < 4.78 is 5.46. The average Bonchev–Trinajstić information content (AvgIpc) is 2.88. The van der Waals surface area contributed by atoms with Crippen molar-refractivity contribution in [2.75, 3.05) is 6.61 Å². The Morgan fingerprint density at radius 3 is 2.80 bits per heavy atom. The van der Waals surface area contributed by atoms with Gasteiger partial charge in [-0.2, -0.15) is 0 Å². The van der Waals surface area contributed by atoms with E-state index in [9.17, 15) is 4.79 Å². The van der Waals surface area contributed by atoms with Gasteiger partial charge in [0.1, 0.15) is 18.1 Å². The van der Waals surface area contributed by atoms with Gasteiger partial charge >= 0.3 is 0 Å². The molecule has 1 aromatic carbocycles. The number of amides is 1. The summed E-state index contributed by atoms with van der Waals surface area (Å²) in [5.41, 5.74) is 1.31. The fourth-order valence-electron chi connectivity index (χ4n) is 3.26. The summed E-state index contributed by atoms with van der Waals surface area (Å²) >= 11 is 11.6. The lowest BCUT2D eigenvalue weighted by atomic mass is 9.94. The van der Waals surface area contributed by atoms with Crippen molar-refractivity contribution < 1.29 is 9.53 Å². The molecule has 1 aliphatic carbocycles. The van der Waals surface area contributed by atoms with E-state index in [1.54, 1.807) is 29.2 Å². The van der Waals surface area contributed by atoms with Gasteiger partial charge < -0.3 is 10.1 Å². The molecule has 1 saturated heterocycles. The van der Waals surface area contributed by atoms with E-state index in [4.69, 9.17) is 28.6 Å². The van der Waals surface area contributed by atoms with Gasteiger partial charge in [-0.25, -0.2) is 0 Å². The van der Waals surface area contributed by atoms with Gasteiger partial charge in [-0.1, -0.05) is 49.6 Å². The summed E-state index contributed by atoms with van der Waals surface area (Å²) in [6.45, 7) is 4.01. The minimum atomic E-state index is -0.0555. The predicted molar refractivity (Wildman–Crippen MR) is 105 cm³/mol. The third kappa shape index (κ3) is 4.05. The van der Waals surface area contributed by atoms with Crippen LogP contribution in [0.5, 0.6) is 5.75 Å². The van der Waals surface area contributed by atoms with Crippen molar-refractivity contribution in [3.05, 3.63) is 47.1 Å². The van der Waals surface area contributed by atoms with Gasteiger partial charge in [0.2, 0.25) is 0 Å². The van der Waals surface area contributed by atoms with Gasteiger partial charge in [-0.05, 0) is 48.8 Å². The lowest BCUT2D eigenvalue weighted by Gasteiger charge is -2.29. The quantitative estimate of drug-likeness (QED) is 0.472. The lowest BCUT2D eigenvalue weighted by molar-refractivity contribution is -0.124. The molecule has 2 aliphatic rings. The molecule has 4 nitrogen and oxygen atoms in total. The van der Waals surface area contributed by atoms with Crippen molar-refractivity contribution in [2.24, 2.45) is 0 Å². The summed E-state index contributed by atoms with van der Waals surface area (Å²) in [6.07, 6.45) is 9.01. The first-order chi connectivity index (χ1) is 12.1. The molecule has 1 aliphatic heterocycles. The second-order valence-electron chi connectivity index (χ2n) is 6.24. The van der Waals surface area contributed by atoms with Crippen molar-refractivity contribution in [3.8, 4) is 5.75 Å². The van der Waals surface area contributed by atoms with Crippen LogP contribution in [0, 0.1) is 0 Å². The smallest absolute Gasteiger partial charge is 0.276 e. The highest BCUT2D eigenvalue weighted by molar-refractivity contribution is 7.80. The molecule has 25 heavy (non-hydrogen) atoms. The molecule has 1 aromatic rings. The number of nitrogens with one attached hydrogen (secondary N) is 1. The first-order valence-corrected chi connectivity index (χ1v) is 9.28. The first kappa shape index (κ1) is 18.0. The highest BCUT2D eigenvalue weighted by Crippen LogP contribution is 2.29. The number of ether oxygens (including phenoxy) is 1. The molecule has 1 heterocycles. The lowest BCUT2D eigenvalue weighted by Crippen LogP contribution is -2.41. The van der Waals surface area contributed by atoms with Crippen LogP contribution in [-0.4, -0.2) is 28.6 Å². The Balaban J connectivity index is 1.77. The summed E-state index contributed by atoms with van der Waals surface area (Å²) in [6, 6.07) is 5.63. The minimum Gasteiger partial charge on any atom is -0.488 e. The van der Waals surface area contributed by atoms with Gasteiger partial charge in [-0.3, -0.25) is 9.69 Å². The largest absolute Gasteiger partial charge is 0.488 e. The van der Waals surface area contributed by atoms with E-state index >= 15 is 0 Å². The van der Waals surface area contributed by atoms with Crippen molar-refractivity contribution in [3.63, 3.8) is 0 Å². The zero-order valence-electron chi connectivity index (χ0n) is 14.0. The molecule has 0 aromatic heterocycles. The van der Waals surface area contributed by atoms with E-state index in [0.717, 1.165) is 31.2 Å². The van der Waals surface area contributed by atoms with E-state index in [1.165, 1.54) is 6.42 Å². The number of rotatable bonds is 5. The molecule has 3 rings (SSSR count). The average molecular weight is 377 g/mol. The Hall–Kier alpha value is -1.85. The summed E-state index contributed by atoms with van der Waals surface area (Å²) in [5.74, 6) is 0.536. The molecule has 1 amide bonds. The molecule has 0 radical (unpaired) electrons. The Bertz CT molecular complexity index is 726. The molecule has 1 N–H and O–H groups in total.